The number of carbonyl (C=O) groups is 1. The highest BCUT2D eigenvalue weighted by Gasteiger charge is 2.27. The summed E-state index contributed by atoms with van der Waals surface area (Å²) >= 11 is 0. The summed E-state index contributed by atoms with van der Waals surface area (Å²) in [5, 5.41) is 4.20. The first-order chi connectivity index (χ1) is 10.1. The van der Waals surface area contributed by atoms with Gasteiger partial charge in [-0.2, -0.15) is 5.10 Å². The van der Waals surface area contributed by atoms with E-state index in [1.807, 2.05) is 4.68 Å². The minimum atomic E-state index is -0.325. The molecule has 0 saturated carbocycles. The van der Waals surface area contributed by atoms with Crippen LogP contribution in [0.2, 0.25) is 0 Å². The topological polar surface area (TPSA) is 60.2 Å². The van der Waals surface area contributed by atoms with E-state index in [1.54, 1.807) is 0 Å². The number of nitrogens with zero attached hydrogens (tertiary/aromatic N) is 4. The highest BCUT2D eigenvalue weighted by molar-refractivity contribution is 5.85. The van der Waals surface area contributed by atoms with Crippen molar-refractivity contribution >= 4 is 5.78 Å². The molecule has 6 nitrogen and oxygen atoms in total. The second kappa shape index (κ2) is 7.66. The first kappa shape index (κ1) is 16.1. The number of hydrogen-bond donors (Lipinski definition) is 0. The minimum absolute atomic E-state index is 0.105. The van der Waals surface area contributed by atoms with Crippen LogP contribution in [0.5, 0.6) is 0 Å². The fraction of sp³-hybridized carbons (Fsp3) is 0.800. The van der Waals surface area contributed by atoms with Gasteiger partial charge in [-0.25, -0.2) is 9.67 Å². The number of Topliss-reactive ketones (excluding diaryl/α,β-unsaturated/α-hetero) is 1. The van der Waals surface area contributed by atoms with Crippen LogP contribution in [-0.4, -0.2) is 57.8 Å². The first-order valence-corrected chi connectivity index (χ1v) is 7.83. The maximum atomic E-state index is 12.4. The van der Waals surface area contributed by atoms with E-state index in [2.05, 4.69) is 35.8 Å². The molecule has 1 unspecified atom stereocenters. The average molecular weight is 294 g/mol. The van der Waals surface area contributed by atoms with Crippen LogP contribution in [0.1, 0.15) is 33.0 Å². The van der Waals surface area contributed by atoms with Crippen molar-refractivity contribution in [2.24, 2.45) is 5.92 Å². The molecular formula is C15H26N4O2. The van der Waals surface area contributed by atoms with Gasteiger partial charge in [-0.05, 0) is 18.9 Å². The van der Waals surface area contributed by atoms with Crippen molar-refractivity contribution in [1.29, 1.82) is 0 Å². The van der Waals surface area contributed by atoms with E-state index in [-0.39, 0.29) is 11.9 Å². The van der Waals surface area contributed by atoms with E-state index in [0.717, 1.165) is 31.9 Å². The van der Waals surface area contributed by atoms with Gasteiger partial charge in [0.2, 0.25) is 0 Å². The van der Waals surface area contributed by atoms with Gasteiger partial charge in [0, 0.05) is 19.6 Å². The molecule has 118 valence electrons. The van der Waals surface area contributed by atoms with E-state index < -0.39 is 0 Å². The Morgan fingerprint density at radius 1 is 1.52 bits per heavy atom. The lowest BCUT2D eigenvalue weighted by Crippen LogP contribution is -2.46. The fourth-order valence-electron chi connectivity index (χ4n) is 2.61. The van der Waals surface area contributed by atoms with Crippen LogP contribution in [0.3, 0.4) is 0 Å². The maximum Gasteiger partial charge on any atom is 0.170 e. The molecule has 1 aromatic heterocycles. The number of morpholine rings is 1. The van der Waals surface area contributed by atoms with Crippen LogP contribution in [-0.2, 0) is 22.5 Å². The Kier molecular flexibility index (Phi) is 5.87. The van der Waals surface area contributed by atoms with Gasteiger partial charge in [-0.1, -0.05) is 20.8 Å². The predicted molar refractivity (Wildman–Crippen MR) is 80.0 cm³/mol. The molecule has 0 aromatic carbocycles. The van der Waals surface area contributed by atoms with Crippen molar-refractivity contribution in [3.63, 3.8) is 0 Å². The summed E-state index contributed by atoms with van der Waals surface area (Å²) < 4.78 is 7.47. The highest BCUT2D eigenvalue weighted by atomic mass is 16.5. The lowest BCUT2D eigenvalue weighted by atomic mass is 10.1. The van der Waals surface area contributed by atoms with Gasteiger partial charge < -0.3 is 4.74 Å². The molecule has 0 aliphatic carbocycles. The number of rotatable bonds is 7. The van der Waals surface area contributed by atoms with Crippen molar-refractivity contribution in [3.05, 3.63) is 12.2 Å². The van der Waals surface area contributed by atoms with Gasteiger partial charge in [0.25, 0.3) is 0 Å². The van der Waals surface area contributed by atoms with Crippen molar-refractivity contribution < 1.29 is 9.53 Å². The Labute approximate surface area is 126 Å². The van der Waals surface area contributed by atoms with Crippen molar-refractivity contribution in [2.45, 2.75) is 46.3 Å². The number of aromatic nitrogens is 3. The zero-order valence-corrected chi connectivity index (χ0v) is 13.3. The molecule has 1 atom stereocenters. The molecule has 1 saturated heterocycles. The van der Waals surface area contributed by atoms with Gasteiger partial charge in [0.1, 0.15) is 18.3 Å². The van der Waals surface area contributed by atoms with E-state index in [4.69, 9.17) is 4.74 Å². The van der Waals surface area contributed by atoms with Crippen molar-refractivity contribution in [3.8, 4) is 0 Å². The van der Waals surface area contributed by atoms with Gasteiger partial charge in [-0.15, -0.1) is 0 Å². The maximum absolute atomic E-state index is 12.4. The van der Waals surface area contributed by atoms with Crippen LogP contribution in [0.4, 0.5) is 0 Å². The summed E-state index contributed by atoms with van der Waals surface area (Å²) in [5.74, 6) is 1.32. The summed E-state index contributed by atoms with van der Waals surface area (Å²) in [7, 11) is 0. The zero-order chi connectivity index (χ0) is 15.2. The quantitative estimate of drug-likeness (QED) is 0.755. The van der Waals surface area contributed by atoms with E-state index in [0.29, 0.717) is 25.5 Å². The van der Waals surface area contributed by atoms with Gasteiger partial charge in [0.05, 0.1) is 13.0 Å². The molecule has 0 amide bonds. The highest BCUT2D eigenvalue weighted by Crippen LogP contribution is 2.10. The molecule has 0 spiro atoms. The number of ether oxygens (including phenoxy) is 1. The minimum Gasteiger partial charge on any atom is -0.368 e. The number of hydrogen-bond acceptors (Lipinski definition) is 5. The van der Waals surface area contributed by atoms with Gasteiger partial charge >= 0.3 is 0 Å². The largest absolute Gasteiger partial charge is 0.368 e. The normalized spacial score (nSPS) is 20.1. The molecule has 1 aliphatic rings. The third kappa shape index (κ3) is 4.61. The van der Waals surface area contributed by atoms with Gasteiger partial charge in [0.15, 0.2) is 5.78 Å². The standard InChI is InChI=1S/C15H26N4O2/c1-4-5-18-6-7-21-14(10-18)13(20)8-15-16-11-17-19(15)9-12(2)3/h11-12,14H,4-10H2,1-3H3. The van der Waals surface area contributed by atoms with Crippen LogP contribution >= 0.6 is 0 Å². The van der Waals surface area contributed by atoms with E-state index in [9.17, 15) is 4.79 Å². The average Bonchev–Trinajstić information content (AvgIpc) is 2.86. The molecule has 0 bridgehead atoms. The summed E-state index contributed by atoms with van der Waals surface area (Å²) in [6.45, 7) is 10.5. The molecule has 1 aliphatic heterocycles. The SMILES string of the molecule is CCCN1CCOC(C(=O)Cc2ncnn2CC(C)C)C1. The van der Waals surface area contributed by atoms with Crippen LogP contribution in [0, 0.1) is 5.92 Å². The Morgan fingerprint density at radius 2 is 2.33 bits per heavy atom. The lowest BCUT2D eigenvalue weighted by Gasteiger charge is -2.31. The monoisotopic (exact) mass is 294 g/mol. The molecule has 2 heterocycles. The molecular weight excluding hydrogens is 268 g/mol. The van der Waals surface area contributed by atoms with Gasteiger partial charge in [-0.3, -0.25) is 9.69 Å². The molecule has 2 rings (SSSR count). The smallest absolute Gasteiger partial charge is 0.170 e. The third-order valence-electron chi connectivity index (χ3n) is 3.62. The molecule has 0 radical (unpaired) electrons. The van der Waals surface area contributed by atoms with E-state index >= 15 is 0 Å². The van der Waals surface area contributed by atoms with Crippen molar-refractivity contribution in [1.82, 2.24) is 19.7 Å². The summed E-state index contributed by atoms with van der Waals surface area (Å²) in [6, 6.07) is 0. The second-order valence-corrected chi connectivity index (χ2v) is 6.06. The molecule has 1 aromatic rings. The predicted octanol–water partition coefficient (Wildman–Crippen LogP) is 1.16. The fourth-order valence-corrected chi connectivity index (χ4v) is 2.61. The summed E-state index contributed by atoms with van der Waals surface area (Å²) in [6.07, 6.45) is 2.60. The van der Waals surface area contributed by atoms with E-state index in [1.165, 1.54) is 6.33 Å². The Balaban J connectivity index is 1.93. The Bertz CT molecular complexity index is 456. The summed E-state index contributed by atoms with van der Waals surface area (Å²) in [5.41, 5.74) is 0. The third-order valence-corrected chi connectivity index (χ3v) is 3.62. The van der Waals surface area contributed by atoms with Crippen LogP contribution < -0.4 is 0 Å². The molecule has 21 heavy (non-hydrogen) atoms. The van der Waals surface area contributed by atoms with Crippen LogP contribution in [0.15, 0.2) is 6.33 Å². The molecule has 6 heteroatoms. The van der Waals surface area contributed by atoms with Crippen molar-refractivity contribution in [2.75, 3.05) is 26.2 Å². The zero-order valence-electron chi connectivity index (χ0n) is 13.3. The Hall–Kier alpha value is -1.27. The second-order valence-electron chi connectivity index (χ2n) is 6.06. The summed E-state index contributed by atoms with van der Waals surface area (Å²) in [4.78, 5) is 18.9. The lowest BCUT2D eigenvalue weighted by molar-refractivity contribution is -0.135. The van der Waals surface area contributed by atoms with Crippen LogP contribution in [0.25, 0.3) is 0 Å². The molecule has 1 fully saturated rings. The first-order valence-electron chi connectivity index (χ1n) is 7.83. The number of ketones is 1. The Morgan fingerprint density at radius 3 is 3.05 bits per heavy atom. The number of carbonyl (C=O) groups excluding carboxylic acids is 1. The molecule has 0 N–H and O–H groups in total.